The van der Waals surface area contributed by atoms with E-state index in [4.69, 9.17) is 11.6 Å². The van der Waals surface area contributed by atoms with E-state index in [0.29, 0.717) is 24.7 Å². The van der Waals surface area contributed by atoms with Crippen LogP contribution in [0.4, 0.5) is 8.78 Å². The molecule has 30 heavy (non-hydrogen) atoms. The second kappa shape index (κ2) is 9.25. The molecule has 0 spiro atoms. The van der Waals surface area contributed by atoms with E-state index >= 15 is 0 Å². The average molecular weight is 451 g/mol. The number of piperidine rings is 1. The van der Waals surface area contributed by atoms with E-state index < -0.39 is 5.92 Å². The van der Waals surface area contributed by atoms with Gasteiger partial charge in [0.25, 0.3) is 5.92 Å². The van der Waals surface area contributed by atoms with Crippen molar-refractivity contribution in [2.45, 2.75) is 36.5 Å². The zero-order chi connectivity index (χ0) is 21.1. The maximum Gasteiger partial charge on any atom is 0.250 e. The van der Waals surface area contributed by atoms with Gasteiger partial charge in [-0.25, -0.2) is 8.78 Å². The molecule has 7 heteroatoms. The van der Waals surface area contributed by atoms with Crippen molar-refractivity contribution < 1.29 is 13.6 Å². The molecule has 2 aromatic rings. The number of hydrogen-bond donors (Lipinski definition) is 1. The predicted octanol–water partition coefficient (Wildman–Crippen LogP) is 5.40. The van der Waals surface area contributed by atoms with E-state index in [0.717, 1.165) is 28.9 Å². The summed E-state index contributed by atoms with van der Waals surface area (Å²) in [6, 6.07) is 15.7. The lowest BCUT2D eigenvalue weighted by Gasteiger charge is -2.34. The van der Waals surface area contributed by atoms with E-state index in [1.807, 2.05) is 42.5 Å². The third-order valence-electron chi connectivity index (χ3n) is 5.77. The van der Waals surface area contributed by atoms with Crippen LogP contribution in [0.25, 0.3) is 11.1 Å². The van der Waals surface area contributed by atoms with Crippen molar-refractivity contribution in [1.82, 2.24) is 10.2 Å². The predicted molar refractivity (Wildman–Crippen MR) is 119 cm³/mol. The summed E-state index contributed by atoms with van der Waals surface area (Å²) < 4.78 is 26.8. The van der Waals surface area contributed by atoms with E-state index in [1.54, 1.807) is 11.8 Å². The lowest BCUT2D eigenvalue weighted by molar-refractivity contribution is -0.121. The van der Waals surface area contributed by atoms with Gasteiger partial charge in [0.15, 0.2) is 0 Å². The van der Waals surface area contributed by atoms with Crippen molar-refractivity contribution in [3.63, 3.8) is 0 Å². The van der Waals surface area contributed by atoms with Gasteiger partial charge in [-0.15, -0.1) is 11.8 Å². The highest BCUT2D eigenvalue weighted by Gasteiger charge is 2.35. The molecule has 0 aliphatic carbocycles. The Morgan fingerprint density at radius 1 is 1.10 bits per heavy atom. The Hall–Kier alpha value is -1.63. The van der Waals surface area contributed by atoms with Crippen molar-refractivity contribution in [2.24, 2.45) is 0 Å². The molecule has 1 N–H and O–H groups in total. The van der Waals surface area contributed by atoms with Crippen molar-refractivity contribution in [1.29, 1.82) is 0 Å². The molecule has 2 saturated heterocycles. The Morgan fingerprint density at radius 2 is 1.83 bits per heavy atom. The molecule has 1 amide bonds. The minimum atomic E-state index is -2.54. The van der Waals surface area contributed by atoms with Crippen LogP contribution >= 0.6 is 23.4 Å². The van der Waals surface area contributed by atoms with Crippen molar-refractivity contribution in [2.75, 3.05) is 25.4 Å². The van der Waals surface area contributed by atoms with Crippen LogP contribution in [-0.2, 0) is 4.79 Å². The number of nitrogens with one attached hydrogen (secondary N) is 1. The first kappa shape index (κ1) is 21.6. The number of likely N-dealkylation sites (tertiary alicyclic amines) is 1. The highest BCUT2D eigenvalue weighted by atomic mass is 35.5. The quantitative estimate of drug-likeness (QED) is 0.676. The summed E-state index contributed by atoms with van der Waals surface area (Å²) in [6.07, 6.45) is 0.655. The van der Waals surface area contributed by atoms with E-state index in [9.17, 15) is 13.6 Å². The van der Waals surface area contributed by atoms with Crippen molar-refractivity contribution in [3.05, 3.63) is 59.1 Å². The molecule has 0 saturated carbocycles. The molecule has 3 nitrogen and oxygen atoms in total. The summed E-state index contributed by atoms with van der Waals surface area (Å²) in [5, 5.41) is 3.58. The van der Waals surface area contributed by atoms with Gasteiger partial charge in [0, 0.05) is 43.5 Å². The normalized spacial score (nSPS) is 24.8. The van der Waals surface area contributed by atoms with Crippen molar-refractivity contribution >= 4 is 29.3 Å². The number of nitrogens with zero attached hydrogens (tertiary/aromatic N) is 1. The summed E-state index contributed by atoms with van der Waals surface area (Å²) in [5.74, 6) is -1.69. The number of thioether (sulfide) groups is 1. The second-order valence-electron chi connectivity index (χ2n) is 8.03. The number of benzene rings is 2. The number of amides is 1. The molecular weight excluding hydrogens is 426 g/mol. The molecule has 2 fully saturated rings. The fourth-order valence-electron chi connectivity index (χ4n) is 4.04. The van der Waals surface area contributed by atoms with Crippen LogP contribution in [-0.4, -0.2) is 48.2 Å². The summed E-state index contributed by atoms with van der Waals surface area (Å²) in [4.78, 5) is 15.0. The first-order chi connectivity index (χ1) is 14.4. The largest absolute Gasteiger partial charge is 0.351 e. The zero-order valence-corrected chi connectivity index (χ0v) is 18.2. The van der Waals surface area contributed by atoms with Gasteiger partial charge in [0.1, 0.15) is 5.25 Å². The molecule has 2 heterocycles. The van der Waals surface area contributed by atoms with E-state index in [2.05, 4.69) is 16.3 Å². The Morgan fingerprint density at radius 3 is 2.57 bits per heavy atom. The molecule has 2 aliphatic rings. The van der Waals surface area contributed by atoms with Crippen LogP contribution in [0.2, 0.25) is 5.02 Å². The molecular formula is C23H25ClF2N2OS. The highest BCUT2D eigenvalue weighted by molar-refractivity contribution is 8.00. The maximum absolute atomic E-state index is 13.4. The maximum atomic E-state index is 13.4. The van der Waals surface area contributed by atoms with Gasteiger partial charge in [-0.2, -0.15) is 0 Å². The first-order valence-corrected chi connectivity index (χ1v) is 11.7. The summed E-state index contributed by atoms with van der Waals surface area (Å²) in [6.45, 7) is 1.41. The fourth-order valence-corrected chi connectivity index (χ4v) is 5.38. The minimum Gasteiger partial charge on any atom is -0.351 e. The van der Waals surface area contributed by atoms with Crippen LogP contribution in [0.3, 0.4) is 0 Å². The number of rotatable bonds is 4. The standard InChI is InChI=1S/C23H25ClF2N2OS/c24-19-6-4-16(5-7-19)17-2-1-3-18(14-17)21-22(29)27-20(8-13-30-21)15-28-11-9-23(25,26)10-12-28/h1-7,14,20-21H,8-13,15H2,(H,27,29)/t20-,21+/m0/s1. The zero-order valence-electron chi connectivity index (χ0n) is 16.6. The molecule has 0 aromatic heterocycles. The molecule has 0 radical (unpaired) electrons. The highest BCUT2D eigenvalue weighted by Crippen LogP contribution is 2.35. The van der Waals surface area contributed by atoms with Crippen LogP contribution in [0.5, 0.6) is 0 Å². The number of carbonyl (C=O) groups excluding carboxylic acids is 1. The lowest BCUT2D eigenvalue weighted by atomic mass is 10.0. The van der Waals surface area contributed by atoms with Gasteiger partial charge >= 0.3 is 0 Å². The molecule has 2 aromatic carbocycles. The molecule has 0 unspecified atom stereocenters. The SMILES string of the molecule is O=C1N[C@H](CN2CCC(F)(F)CC2)CCS[C@@H]1c1cccc(-c2ccc(Cl)cc2)c1. The topological polar surface area (TPSA) is 32.3 Å². The number of carbonyl (C=O) groups is 1. The fraction of sp³-hybridized carbons (Fsp3) is 0.435. The first-order valence-electron chi connectivity index (χ1n) is 10.3. The Balaban J connectivity index is 1.42. The van der Waals surface area contributed by atoms with Crippen LogP contribution in [0.1, 0.15) is 30.1 Å². The van der Waals surface area contributed by atoms with Crippen molar-refractivity contribution in [3.8, 4) is 11.1 Å². The smallest absolute Gasteiger partial charge is 0.250 e. The third-order valence-corrected chi connectivity index (χ3v) is 7.31. The molecule has 4 rings (SSSR count). The van der Waals surface area contributed by atoms with Gasteiger partial charge in [-0.3, -0.25) is 4.79 Å². The minimum absolute atomic E-state index is 0.00108. The molecule has 2 aliphatic heterocycles. The second-order valence-corrected chi connectivity index (χ2v) is 9.68. The van der Waals surface area contributed by atoms with Gasteiger partial charge in [0.2, 0.25) is 5.91 Å². The van der Waals surface area contributed by atoms with Gasteiger partial charge in [-0.1, -0.05) is 41.9 Å². The molecule has 160 valence electrons. The van der Waals surface area contributed by atoms with Gasteiger partial charge in [-0.05, 0) is 47.1 Å². The molecule has 2 atom stereocenters. The van der Waals surface area contributed by atoms with Crippen LogP contribution < -0.4 is 5.32 Å². The monoisotopic (exact) mass is 450 g/mol. The average Bonchev–Trinajstić information content (AvgIpc) is 2.91. The Bertz CT molecular complexity index is 883. The summed E-state index contributed by atoms with van der Waals surface area (Å²) in [7, 11) is 0. The number of hydrogen-bond acceptors (Lipinski definition) is 3. The summed E-state index contributed by atoms with van der Waals surface area (Å²) >= 11 is 7.64. The number of halogens is 3. The number of alkyl halides is 2. The van der Waals surface area contributed by atoms with Crippen LogP contribution in [0, 0.1) is 0 Å². The van der Waals surface area contributed by atoms with Gasteiger partial charge in [0.05, 0.1) is 0 Å². The lowest BCUT2D eigenvalue weighted by Crippen LogP contribution is -2.48. The van der Waals surface area contributed by atoms with E-state index in [1.165, 1.54) is 0 Å². The summed E-state index contributed by atoms with van der Waals surface area (Å²) in [5.41, 5.74) is 3.08. The molecule has 0 bridgehead atoms. The van der Waals surface area contributed by atoms with E-state index in [-0.39, 0.29) is 30.0 Å². The van der Waals surface area contributed by atoms with Crippen LogP contribution in [0.15, 0.2) is 48.5 Å². The van der Waals surface area contributed by atoms with Gasteiger partial charge < -0.3 is 10.2 Å². The third kappa shape index (κ3) is 5.34. The Labute approximate surface area is 185 Å². The Kier molecular flexibility index (Phi) is 6.66.